The van der Waals surface area contributed by atoms with E-state index in [4.69, 9.17) is 25.4 Å². The van der Waals surface area contributed by atoms with E-state index in [1.165, 1.54) is 0 Å². The third-order valence-electron chi connectivity index (χ3n) is 2.60. The van der Waals surface area contributed by atoms with Crippen molar-refractivity contribution in [2.24, 2.45) is 5.73 Å². The summed E-state index contributed by atoms with van der Waals surface area (Å²) in [5, 5.41) is 7.51. The molecule has 0 spiro atoms. The molecule has 0 aliphatic rings. The number of nitrogen functional groups attached to an aromatic ring is 1. The highest BCUT2D eigenvalue weighted by molar-refractivity contribution is 5.97. The Morgan fingerprint density at radius 3 is 2.25 bits per heavy atom. The fourth-order valence-electron chi connectivity index (χ4n) is 1.63. The molecule has 2 aromatic rings. The molecule has 0 amide bonds. The van der Waals surface area contributed by atoms with Crippen molar-refractivity contribution in [1.29, 1.82) is 5.41 Å². The van der Waals surface area contributed by atoms with Crippen LogP contribution in [0.1, 0.15) is 5.56 Å². The first kappa shape index (κ1) is 13.7. The molecule has 1 heterocycles. The molecule has 0 atom stereocenters. The van der Waals surface area contributed by atoms with Crippen molar-refractivity contribution in [2.75, 3.05) is 14.2 Å². The quantitative estimate of drug-likeness (QED) is 0.643. The van der Waals surface area contributed by atoms with Crippen LogP contribution in [0.3, 0.4) is 0 Å². The number of nitrogens with two attached hydrogens (primary N) is 1. The molecule has 20 heavy (non-hydrogen) atoms. The van der Waals surface area contributed by atoms with Gasteiger partial charge in [0.15, 0.2) is 0 Å². The lowest BCUT2D eigenvalue weighted by atomic mass is 10.2. The Balaban J connectivity index is 2.37. The second kappa shape index (κ2) is 5.92. The van der Waals surface area contributed by atoms with Crippen LogP contribution in [0.15, 0.2) is 36.5 Å². The maximum atomic E-state index is 7.51. The van der Waals surface area contributed by atoms with Crippen molar-refractivity contribution >= 4 is 5.84 Å². The second-order valence-electron chi connectivity index (χ2n) is 3.92. The first-order valence-electron chi connectivity index (χ1n) is 5.84. The molecule has 0 aliphatic carbocycles. The van der Waals surface area contributed by atoms with Crippen LogP contribution in [0.5, 0.6) is 23.1 Å². The van der Waals surface area contributed by atoms with Gasteiger partial charge in [-0.05, 0) is 12.1 Å². The molecule has 0 aliphatic heterocycles. The number of nitrogens with one attached hydrogen (secondary N) is 1. The molecular weight excluding hydrogens is 258 g/mol. The number of amidine groups is 1. The molecule has 6 heteroatoms. The first-order valence-corrected chi connectivity index (χ1v) is 5.84. The molecule has 0 radical (unpaired) electrons. The van der Waals surface area contributed by atoms with Gasteiger partial charge in [-0.2, -0.15) is 0 Å². The summed E-state index contributed by atoms with van der Waals surface area (Å²) in [7, 11) is 3.11. The Labute approximate surface area is 116 Å². The summed E-state index contributed by atoms with van der Waals surface area (Å²) in [5.41, 5.74) is 5.92. The molecule has 3 N–H and O–H groups in total. The summed E-state index contributed by atoms with van der Waals surface area (Å²) in [6, 6.07) is 8.48. The van der Waals surface area contributed by atoms with Crippen molar-refractivity contribution in [3.8, 4) is 23.1 Å². The van der Waals surface area contributed by atoms with Gasteiger partial charge < -0.3 is 19.9 Å². The third kappa shape index (κ3) is 2.97. The van der Waals surface area contributed by atoms with Crippen LogP contribution in [-0.4, -0.2) is 25.0 Å². The van der Waals surface area contributed by atoms with Crippen LogP contribution >= 0.6 is 0 Å². The maximum Gasteiger partial charge on any atom is 0.230 e. The van der Waals surface area contributed by atoms with Gasteiger partial charge in [0.2, 0.25) is 5.88 Å². The number of ether oxygens (including phenoxy) is 3. The predicted octanol–water partition coefficient (Wildman–Crippen LogP) is 2.18. The number of rotatable bonds is 5. The zero-order chi connectivity index (χ0) is 14.5. The summed E-state index contributed by atoms with van der Waals surface area (Å²) in [6.07, 6.45) is 1.57. The number of benzene rings is 1. The summed E-state index contributed by atoms with van der Waals surface area (Å²) in [6.45, 7) is 0. The zero-order valence-corrected chi connectivity index (χ0v) is 11.2. The molecule has 2 rings (SSSR count). The number of hydrogen-bond donors (Lipinski definition) is 2. The van der Waals surface area contributed by atoms with Gasteiger partial charge in [0, 0.05) is 24.4 Å². The van der Waals surface area contributed by atoms with Crippen molar-refractivity contribution in [3.05, 3.63) is 42.1 Å². The van der Waals surface area contributed by atoms with Crippen molar-refractivity contribution in [3.63, 3.8) is 0 Å². The van der Waals surface area contributed by atoms with E-state index in [1.807, 2.05) is 0 Å². The number of aromatic nitrogens is 1. The monoisotopic (exact) mass is 273 g/mol. The maximum absolute atomic E-state index is 7.51. The lowest BCUT2D eigenvalue weighted by Crippen LogP contribution is -2.12. The number of pyridine rings is 1. The van der Waals surface area contributed by atoms with E-state index in [9.17, 15) is 0 Å². The van der Waals surface area contributed by atoms with Crippen molar-refractivity contribution in [2.45, 2.75) is 0 Å². The van der Waals surface area contributed by atoms with Gasteiger partial charge >= 0.3 is 0 Å². The highest BCUT2D eigenvalue weighted by Gasteiger charge is 2.10. The van der Waals surface area contributed by atoms with E-state index in [1.54, 1.807) is 50.7 Å². The van der Waals surface area contributed by atoms with E-state index in [2.05, 4.69) is 4.98 Å². The van der Waals surface area contributed by atoms with E-state index in [-0.39, 0.29) is 11.7 Å². The van der Waals surface area contributed by atoms with Gasteiger partial charge in [-0.15, -0.1) is 0 Å². The van der Waals surface area contributed by atoms with Crippen LogP contribution in [0.25, 0.3) is 0 Å². The predicted molar refractivity (Wildman–Crippen MR) is 74.9 cm³/mol. The molecule has 1 aromatic heterocycles. The lowest BCUT2D eigenvalue weighted by molar-refractivity contribution is 0.385. The molecule has 0 saturated carbocycles. The van der Waals surface area contributed by atoms with Gasteiger partial charge in [0.25, 0.3) is 0 Å². The van der Waals surface area contributed by atoms with E-state index < -0.39 is 0 Å². The number of hydrogen-bond acceptors (Lipinski definition) is 5. The Hall–Kier alpha value is -2.76. The molecule has 6 nitrogen and oxygen atoms in total. The standard InChI is InChI=1S/C14H15N3O3/c1-18-9-6-10(19-2)8-11(7-9)20-14-12(13(15)16)4-3-5-17-14/h3-8H,1-2H3,(H3,15,16). The van der Waals surface area contributed by atoms with Crippen molar-refractivity contribution in [1.82, 2.24) is 4.98 Å². The summed E-state index contributed by atoms with van der Waals surface area (Å²) < 4.78 is 16.0. The van der Waals surface area contributed by atoms with E-state index in [0.717, 1.165) is 0 Å². The molecule has 0 saturated heterocycles. The summed E-state index contributed by atoms with van der Waals surface area (Å²) in [5.74, 6) is 1.83. The fourth-order valence-corrected chi connectivity index (χ4v) is 1.63. The molecule has 1 aromatic carbocycles. The van der Waals surface area contributed by atoms with Crippen molar-refractivity contribution < 1.29 is 14.2 Å². The minimum absolute atomic E-state index is 0.108. The number of methoxy groups -OCH3 is 2. The Morgan fingerprint density at radius 2 is 1.70 bits per heavy atom. The van der Waals surface area contributed by atoms with E-state index >= 15 is 0 Å². The number of nitrogens with zero attached hydrogens (tertiary/aromatic N) is 1. The van der Waals surface area contributed by atoms with Gasteiger partial charge in [-0.3, -0.25) is 5.41 Å². The second-order valence-corrected chi connectivity index (χ2v) is 3.92. The minimum Gasteiger partial charge on any atom is -0.496 e. The summed E-state index contributed by atoms with van der Waals surface area (Å²) >= 11 is 0. The largest absolute Gasteiger partial charge is 0.496 e. The van der Waals surface area contributed by atoms with Crippen LogP contribution in [0, 0.1) is 5.41 Å². The topological polar surface area (TPSA) is 90.5 Å². The SMILES string of the molecule is COc1cc(OC)cc(Oc2ncccc2C(=N)N)c1. The van der Waals surface area contributed by atoms with Gasteiger partial charge in [-0.1, -0.05) is 0 Å². The molecule has 0 bridgehead atoms. The van der Waals surface area contributed by atoms with Gasteiger partial charge in [0.05, 0.1) is 19.8 Å². The lowest BCUT2D eigenvalue weighted by Gasteiger charge is -2.11. The third-order valence-corrected chi connectivity index (χ3v) is 2.60. The Kier molecular flexibility index (Phi) is 4.05. The smallest absolute Gasteiger partial charge is 0.230 e. The highest BCUT2D eigenvalue weighted by atomic mass is 16.5. The molecule has 104 valence electrons. The molecule has 0 unspecified atom stereocenters. The fraction of sp³-hybridized carbons (Fsp3) is 0.143. The van der Waals surface area contributed by atoms with Gasteiger partial charge in [0.1, 0.15) is 23.1 Å². The average Bonchev–Trinajstić information content (AvgIpc) is 2.47. The Bertz CT molecular complexity index is 607. The average molecular weight is 273 g/mol. The van der Waals surface area contributed by atoms with Crippen LogP contribution < -0.4 is 19.9 Å². The Morgan fingerprint density at radius 1 is 1.10 bits per heavy atom. The van der Waals surface area contributed by atoms with Crippen LogP contribution in [0.2, 0.25) is 0 Å². The molecular formula is C14H15N3O3. The van der Waals surface area contributed by atoms with Gasteiger partial charge in [-0.25, -0.2) is 4.98 Å². The van der Waals surface area contributed by atoms with Crippen LogP contribution in [-0.2, 0) is 0 Å². The molecule has 0 fully saturated rings. The van der Waals surface area contributed by atoms with E-state index in [0.29, 0.717) is 22.8 Å². The summed E-state index contributed by atoms with van der Waals surface area (Å²) in [4.78, 5) is 4.08. The normalized spacial score (nSPS) is 9.90. The first-order chi connectivity index (χ1) is 9.63. The van der Waals surface area contributed by atoms with Crippen LogP contribution in [0.4, 0.5) is 0 Å². The minimum atomic E-state index is -0.108. The highest BCUT2D eigenvalue weighted by Crippen LogP contribution is 2.31. The zero-order valence-electron chi connectivity index (χ0n) is 11.2.